The van der Waals surface area contributed by atoms with E-state index in [9.17, 15) is 13.2 Å². The predicted molar refractivity (Wildman–Crippen MR) is 75.1 cm³/mol. The van der Waals surface area contributed by atoms with Gasteiger partial charge in [-0.2, -0.15) is 0 Å². The lowest BCUT2D eigenvalue weighted by Crippen LogP contribution is -2.33. The molecule has 1 aromatic heterocycles. The number of sulfonamides is 1. The number of pyridine rings is 1. The number of nitrogens with zero attached hydrogens (tertiary/aromatic N) is 1. The summed E-state index contributed by atoms with van der Waals surface area (Å²) in [5, 5.41) is 11.1. The average Bonchev–Trinajstić information content (AvgIpc) is 2.43. The lowest BCUT2D eigenvalue weighted by molar-refractivity contribution is -0.134. The molecule has 8 heteroatoms. The van der Waals surface area contributed by atoms with E-state index >= 15 is 0 Å². The Morgan fingerprint density at radius 1 is 1.35 bits per heavy atom. The smallest absolute Gasteiger partial charge is 0.322 e. The highest BCUT2D eigenvalue weighted by Gasteiger charge is 2.18. The van der Waals surface area contributed by atoms with Gasteiger partial charge in [-0.3, -0.25) is 4.79 Å². The Morgan fingerprint density at radius 3 is 2.45 bits per heavy atom. The molecule has 1 heterocycles. The quantitative estimate of drug-likeness (QED) is 0.662. The zero-order valence-electron chi connectivity index (χ0n) is 11.5. The predicted octanol–water partition coefficient (Wildman–Crippen LogP) is 1.04. The van der Waals surface area contributed by atoms with Crippen LogP contribution in [0.15, 0.2) is 23.2 Å². The maximum absolute atomic E-state index is 12.1. The molecule has 0 aliphatic heterocycles. The van der Waals surface area contributed by atoms with Gasteiger partial charge >= 0.3 is 5.97 Å². The van der Waals surface area contributed by atoms with E-state index in [0.29, 0.717) is 18.7 Å². The first-order valence-electron chi connectivity index (χ1n) is 6.33. The highest BCUT2D eigenvalue weighted by molar-refractivity contribution is 7.89. The van der Waals surface area contributed by atoms with Gasteiger partial charge in [0.05, 0.1) is 0 Å². The van der Waals surface area contributed by atoms with Crippen LogP contribution in [-0.4, -0.2) is 37.1 Å². The molecule has 0 aromatic carbocycles. The van der Waals surface area contributed by atoms with Crippen molar-refractivity contribution in [2.75, 3.05) is 11.9 Å². The second-order valence-electron chi connectivity index (χ2n) is 4.26. The molecule has 0 atom stereocenters. The van der Waals surface area contributed by atoms with Gasteiger partial charge in [-0.15, -0.1) is 0 Å². The Morgan fingerprint density at radius 2 is 2.00 bits per heavy atom. The van der Waals surface area contributed by atoms with Crippen LogP contribution < -0.4 is 10.0 Å². The molecule has 0 radical (unpaired) electrons. The SMILES string of the molecule is CCC(CC)NS(=O)(=O)c1ccc(NCC(=O)O)nc1. The van der Waals surface area contributed by atoms with Crippen LogP contribution in [0.25, 0.3) is 0 Å². The largest absolute Gasteiger partial charge is 0.480 e. The van der Waals surface area contributed by atoms with Crippen molar-refractivity contribution in [3.8, 4) is 0 Å². The van der Waals surface area contributed by atoms with Gasteiger partial charge in [0.2, 0.25) is 10.0 Å². The van der Waals surface area contributed by atoms with Crippen molar-refractivity contribution in [2.45, 2.75) is 37.6 Å². The van der Waals surface area contributed by atoms with Gasteiger partial charge in [0.1, 0.15) is 17.3 Å². The fraction of sp³-hybridized carbons (Fsp3) is 0.500. The fourth-order valence-electron chi connectivity index (χ4n) is 1.55. The summed E-state index contributed by atoms with van der Waals surface area (Å²) in [4.78, 5) is 14.3. The second kappa shape index (κ2) is 7.20. The molecule has 0 bridgehead atoms. The normalized spacial score (nSPS) is 11.6. The number of hydrogen-bond donors (Lipinski definition) is 3. The first-order chi connectivity index (χ1) is 9.39. The molecular weight excluding hydrogens is 282 g/mol. The summed E-state index contributed by atoms with van der Waals surface area (Å²) in [5.74, 6) is -0.701. The average molecular weight is 301 g/mol. The lowest BCUT2D eigenvalue weighted by Gasteiger charge is -2.15. The topological polar surface area (TPSA) is 108 Å². The number of rotatable bonds is 8. The maximum Gasteiger partial charge on any atom is 0.322 e. The summed E-state index contributed by atoms with van der Waals surface area (Å²) in [6, 6.07) is 2.72. The van der Waals surface area contributed by atoms with E-state index in [0.717, 1.165) is 0 Å². The molecule has 0 amide bonds. The van der Waals surface area contributed by atoms with E-state index in [1.807, 2.05) is 13.8 Å². The number of carbonyl (C=O) groups is 1. The van der Waals surface area contributed by atoms with Crippen LogP contribution >= 0.6 is 0 Å². The molecule has 0 fully saturated rings. The van der Waals surface area contributed by atoms with Crippen molar-refractivity contribution in [1.82, 2.24) is 9.71 Å². The van der Waals surface area contributed by atoms with Crippen molar-refractivity contribution < 1.29 is 18.3 Å². The van der Waals surface area contributed by atoms with Crippen molar-refractivity contribution in [1.29, 1.82) is 0 Å². The van der Waals surface area contributed by atoms with Crippen LogP contribution in [0.3, 0.4) is 0 Å². The minimum absolute atomic E-state index is 0.0604. The van der Waals surface area contributed by atoms with Crippen molar-refractivity contribution in [2.24, 2.45) is 0 Å². The monoisotopic (exact) mass is 301 g/mol. The lowest BCUT2D eigenvalue weighted by atomic mass is 10.2. The highest BCUT2D eigenvalue weighted by atomic mass is 32.2. The molecule has 0 aliphatic carbocycles. The van der Waals surface area contributed by atoms with E-state index in [1.54, 1.807) is 0 Å². The number of aromatic nitrogens is 1. The van der Waals surface area contributed by atoms with Gasteiger partial charge in [-0.1, -0.05) is 13.8 Å². The number of hydrogen-bond acceptors (Lipinski definition) is 5. The Balaban J connectivity index is 2.78. The van der Waals surface area contributed by atoms with Crippen molar-refractivity contribution in [3.63, 3.8) is 0 Å². The van der Waals surface area contributed by atoms with Gasteiger partial charge in [0.15, 0.2) is 0 Å². The standard InChI is InChI=1S/C12H19N3O4S/c1-3-9(4-2)15-20(18,19)10-5-6-11(13-7-10)14-8-12(16)17/h5-7,9,15H,3-4,8H2,1-2H3,(H,13,14)(H,16,17). The van der Waals surface area contributed by atoms with Crippen LogP contribution in [0.4, 0.5) is 5.82 Å². The zero-order chi connectivity index (χ0) is 15.2. The van der Waals surface area contributed by atoms with Crippen LogP contribution in [-0.2, 0) is 14.8 Å². The molecule has 7 nitrogen and oxygen atoms in total. The Kier molecular flexibility index (Phi) is 5.90. The first-order valence-corrected chi connectivity index (χ1v) is 7.81. The molecule has 1 rings (SSSR count). The first kappa shape index (κ1) is 16.4. The van der Waals surface area contributed by atoms with Gasteiger partial charge in [-0.25, -0.2) is 18.1 Å². The second-order valence-corrected chi connectivity index (χ2v) is 5.98. The Hall–Kier alpha value is -1.67. The van der Waals surface area contributed by atoms with Crippen LogP contribution in [0, 0.1) is 0 Å². The van der Waals surface area contributed by atoms with Crippen molar-refractivity contribution in [3.05, 3.63) is 18.3 Å². The fourth-order valence-corrected chi connectivity index (χ4v) is 2.90. The van der Waals surface area contributed by atoms with Crippen molar-refractivity contribution >= 4 is 21.8 Å². The van der Waals surface area contributed by atoms with E-state index in [4.69, 9.17) is 5.11 Å². The van der Waals surface area contributed by atoms with E-state index in [-0.39, 0.29) is 17.5 Å². The molecular formula is C12H19N3O4S. The molecule has 0 unspecified atom stereocenters. The molecule has 0 saturated carbocycles. The summed E-state index contributed by atoms with van der Waals surface area (Å²) in [7, 11) is -3.59. The number of nitrogens with one attached hydrogen (secondary N) is 2. The third-order valence-corrected chi connectivity index (χ3v) is 4.28. The maximum atomic E-state index is 12.1. The number of carboxylic acids is 1. The Bertz CT molecular complexity index is 538. The number of aliphatic carboxylic acids is 1. The minimum Gasteiger partial charge on any atom is -0.480 e. The number of carboxylic acid groups (broad SMARTS) is 1. The Labute approximate surface area is 118 Å². The molecule has 0 aliphatic rings. The van der Waals surface area contributed by atoms with Gasteiger partial charge in [-0.05, 0) is 25.0 Å². The molecule has 0 spiro atoms. The minimum atomic E-state index is -3.59. The summed E-state index contributed by atoms with van der Waals surface area (Å²) < 4.78 is 26.7. The molecule has 3 N–H and O–H groups in total. The molecule has 112 valence electrons. The van der Waals surface area contributed by atoms with Gasteiger partial charge in [0, 0.05) is 12.2 Å². The van der Waals surface area contributed by atoms with Crippen LogP contribution in [0.5, 0.6) is 0 Å². The zero-order valence-corrected chi connectivity index (χ0v) is 12.3. The summed E-state index contributed by atoms with van der Waals surface area (Å²) in [5.41, 5.74) is 0. The van der Waals surface area contributed by atoms with Gasteiger partial charge < -0.3 is 10.4 Å². The third-order valence-electron chi connectivity index (χ3n) is 2.77. The number of anilines is 1. The molecule has 1 aromatic rings. The molecule has 0 saturated heterocycles. The van der Waals surface area contributed by atoms with Crippen LogP contribution in [0.2, 0.25) is 0 Å². The van der Waals surface area contributed by atoms with E-state index in [2.05, 4.69) is 15.0 Å². The highest BCUT2D eigenvalue weighted by Crippen LogP contribution is 2.12. The van der Waals surface area contributed by atoms with E-state index < -0.39 is 16.0 Å². The third kappa shape index (κ3) is 4.78. The summed E-state index contributed by atoms with van der Waals surface area (Å²) in [6.45, 7) is 3.55. The van der Waals surface area contributed by atoms with E-state index in [1.165, 1.54) is 18.3 Å². The summed E-state index contributed by atoms with van der Waals surface area (Å²) >= 11 is 0. The molecule has 20 heavy (non-hydrogen) atoms. The van der Waals surface area contributed by atoms with Crippen LogP contribution in [0.1, 0.15) is 26.7 Å². The summed E-state index contributed by atoms with van der Waals surface area (Å²) in [6.07, 6.45) is 2.62. The van der Waals surface area contributed by atoms with Gasteiger partial charge in [0.25, 0.3) is 0 Å².